The highest BCUT2D eigenvalue weighted by molar-refractivity contribution is 6.30. The Morgan fingerprint density at radius 1 is 1.00 bits per heavy atom. The molecule has 0 radical (unpaired) electrons. The molecule has 2 aliphatic rings. The smallest absolute Gasteiger partial charge is 0.205 e. The van der Waals surface area contributed by atoms with Gasteiger partial charge in [-0.1, -0.05) is 47.5 Å². The molecular formula is C22H16Cl2N2O. The van der Waals surface area contributed by atoms with Crippen molar-refractivity contribution < 1.29 is 4.74 Å². The SMILES string of the molecule is N#CC1=C(N)OC2=C(CC/C2=C/c2ccc(Cl)cc2)[C@@H]1c1ccc(Cl)cc1. The molecule has 0 amide bonds. The first kappa shape index (κ1) is 17.7. The fourth-order valence-electron chi connectivity index (χ4n) is 3.63. The summed E-state index contributed by atoms with van der Waals surface area (Å²) in [4.78, 5) is 0. The first-order valence-electron chi connectivity index (χ1n) is 8.59. The Balaban J connectivity index is 1.78. The van der Waals surface area contributed by atoms with E-state index in [9.17, 15) is 5.26 Å². The molecule has 1 aliphatic heterocycles. The van der Waals surface area contributed by atoms with Gasteiger partial charge >= 0.3 is 0 Å². The van der Waals surface area contributed by atoms with Gasteiger partial charge in [-0.05, 0) is 65.5 Å². The van der Waals surface area contributed by atoms with Gasteiger partial charge in [0.1, 0.15) is 17.4 Å². The van der Waals surface area contributed by atoms with Gasteiger partial charge in [0.25, 0.3) is 0 Å². The van der Waals surface area contributed by atoms with Crippen LogP contribution >= 0.6 is 23.2 Å². The first-order chi connectivity index (χ1) is 13.1. The average Bonchev–Trinajstić information content (AvgIpc) is 3.05. The van der Waals surface area contributed by atoms with Gasteiger partial charge in [0, 0.05) is 16.0 Å². The van der Waals surface area contributed by atoms with Crippen molar-refractivity contribution in [3.8, 4) is 6.07 Å². The van der Waals surface area contributed by atoms with E-state index in [1.807, 2.05) is 48.5 Å². The van der Waals surface area contributed by atoms with Crippen molar-refractivity contribution in [2.24, 2.45) is 5.73 Å². The van der Waals surface area contributed by atoms with E-state index in [-0.39, 0.29) is 11.8 Å². The Morgan fingerprint density at radius 3 is 2.26 bits per heavy atom. The molecule has 134 valence electrons. The van der Waals surface area contributed by atoms with Crippen molar-refractivity contribution in [3.05, 3.63) is 98.1 Å². The minimum atomic E-state index is -0.202. The van der Waals surface area contributed by atoms with Gasteiger partial charge in [0.15, 0.2) is 0 Å². The molecule has 0 aromatic heterocycles. The van der Waals surface area contributed by atoms with Gasteiger partial charge in [0.05, 0.1) is 0 Å². The number of nitrogens with two attached hydrogens (primary N) is 1. The van der Waals surface area contributed by atoms with E-state index in [0.29, 0.717) is 15.6 Å². The fourth-order valence-corrected chi connectivity index (χ4v) is 3.88. The summed E-state index contributed by atoms with van der Waals surface area (Å²) in [6.07, 6.45) is 3.74. The molecule has 27 heavy (non-hydrogen) atoms. The van der Waals surface area contributed by atoms with E-state index in [1.54, 1.807) is 0 Å². The molecule has 0 saturated heterocycles. The molecule has 0 bridgehead atoms. The number of benzene rings is 2. The largest absolute Gasteiger partial charge is 0.440 e. The lowest BCUT2D eigenvalue weighted by atomic mass is 9.83. The van der Waals surface area contributed by atoms with Crippen LogP contribution in [0, 0.1) is 11.3 Å². The maximum Gasteiger partial charge on any atom is 0.205 e. The predicted molar refractivity (Wildman–Crippen MR) is 108 cm³/mol. The van der Waals surface area contributed by atoms with E-state index in [0.717, 1.165) is 40.9 Å². The molecule has 5 heteroatoms. The van der Waals surface area contributed by atoms with Crippen LogP contribution in [-0.4, -0.2) is 0 Å². The zero-order valence-corrected chi connectivity index (χ0v) is 15.9. The van der Waals surface area contributed by atoms with Crippen molar-refractivity contribution in [1.82, 2.24) is 0 Å². The molecule has 0 unspecified atom stereocenters. The van der Waals surface area contributed by atoms with E-state index in [4.69, 9.17) is 33.7 Å². The summed E-state index contributed by atoms with van der Waals surface area (Å²) in [5.74, 6) is 0.744. The van der Waals surface area contributed by atoms with Crippen LogP contribution in [0.3, 0.4) is 0 Å². The van der Waals surface area contributed by atoms with E-state index >= 15 is 0 Å². The summed E-state index contributed by atoms with van der Waals surface area (Å²) in [5.41, 5.74) is 10.8. The van der Waals surface area contributed by atoms with Gasteiger partial charge in [-0.25, -0.2) is 0 Å². The molecule has 3 nitrogen and oxygen atoms in total. The summed E-state index contributed by atoms with van der Waals surface area (Å²) in [6, 6.07) is 17.4. The van der Waals surface area contributed by atoms with E-state index < -0.39 is 0 Å². The number of halogens is 2. The molecule has 0 saturated carbocycles. The van der Waals surface area contributed by atoms with Crippen molar-refractivity contribution in [3.63, 3.8) is 0 Å². The van der Waals surface area contributed by atoms with Gasteiger partial charge in [-0.2, -0.15) is 5.26 Å². The fraction of sp³-hybridized carbons (Fsp3) is 0.136. The molecule has 1 heterocycles. The molecule has 2 aromatic rings. The zero-order chi connectivity index (χ0) is 19.0. The zero-order valence-electron chi connectivity index (χ0n) is 14.4. The molecule has 1 aliphatic carbocycles. The topological polar surface area (TPSA) is 59.0 Å². The lowest BCUT2D eigenvalue weighted by Crippen LogP contribution is -2.19. The predicted octanol–water partition coefficient (Wildman–Crippen LogP) is 5.93. The Hall–Kier alpha value is -2.67. The third kappa shape index (κ3) is 3.35. The van der Waals surface area contributed by atoms with Crippen LogP contribution < -0.4 is 5.73 Å². The molecular weight excluding hydrogens is 379 g/mol. The Morgan fingerprint density at radius 2 is 1.63 bits per heavy atom. The monoisotopic (exact) mass is 394 g/mol. The van der Waals surface area contributed by atoms with Crippen LogP contribution in [0.5, 0.6) is 0 Å². The van der Waals surface area contributed by atoms with Gasteiger partial charge in [-0.3, -0.25) is 0 Å². The van der Waals surface area contributed by atoms with Crippen molar-refractivity contribution in [2.45, 2.75) is 18.8 Å². The van der Waals surface area contributed by atoms with Gasteiger partial charge in [0.2, 0.25) is 5.88 Å². The summed E-state index contributed by atoms with van der Waals surface area (Å²) in [7, 11) is 0. The van der Waals surface area contributed by atoms with Crippen LogP contribution in [0.15, 0.2) is 76.9 Å². The van der Waals surface area contributed by atoms with Crippen LogP contribution in [0.4, 0.5) is 0 Å². The van der Waals surface area contributed by atoms with Crippen molar-refractivity contribution in [1.29, 1.82) is 5.26 Å². The summed E-state index contributed by atoms with van der Waals surface area (Å²) >= 11 is 12.0. The number of ether oxygens (including phenoxy) is 1. The van der Waals surface area contributed by atoms with Crippen LogP contribution in [-0.2, 0) is 4.74 Å². The molecule has 1 atom stereocenters. The van der Waals surface area contributed by atoms with Crippen LogP contribution in [0.25, 0.3) is 6.08 Å². The lowest BCUT2D eigenvalue weighted by molar-refractivity contribution is 0.292. The number of nitriles is 1. The second-order valence-corrected chi connectivity index (χ2v) is 7.42. The second-order valence-electron chi connectivity index (χ2n) is 6.55. The normalized spacial score (nSPS) is 20.5. The summed E-state index contributed by atoms with van der Waals surface area (Å²) in [5, 5.41) is 11.0. The van der Waals surface area contributed by atoms with Crippen molar-refractivity contribution >= 4 is 29.3 Å². The minimum absolute atomic E-state index is 0.167. The third-order valence-electron chi connectivity index (χ3n) is 4.90. The second kappa shape index (κ2) is 7.15. The van der Waals surface area contributed by atoms with Gasteiger partial charge < -0.3 is 10.5 Å². The molecule has 2 aromatic carbocycles. The first-order valence-corrected chi connectivity index (χ1v) is 9.35. The number of allylic oxidation sites excluding steroid dienone is 3. The molecule has 2 N–H and O–H groups in total. The Kier molecular flexibility index (Phi) is 4.70. The Labute approximate surface area is 168 Å². The number of nitrogens with zero attached hydrogens (tertiary/aromatic N) is 1. The lowest BCUT2D eigenvalue weighted by Gasteiger charge is -2.26. The minimum Gasteiger partial charge on any atom is -0.440 e. The quantitative estimate of drug-likeness (QED) is 0.685. The van der Waals surface area contributed by atoms with Crippen molar-refractivity contribution in [2.75, 3.05) is 0 Å². The van der Waals surface area contributed by atoms with E-state index in [2.05, 4.69) is 12.1 Å². The molecule has 4 rings (SSSR count). The summed E-state index contributed by atoms with van der Waals surface area (Å²) in [6.45, 7) is 0. The maximum absolute atomic E-state index is 9.65. The molecule has 0 fully saturated rings. The van der Waals surface area contributed by atoms with Crippen LogP contribution in [0.1, 0.15) is 29.9 Å². The van der Waals surface area contributed by atoms with E-state index in [1.165, 1.54) is 0 Å². The maximum atomic E-state index is 9.65. The standard InChI is InChI=1S/C22H16Cl2N2O/c23-16-6-1-13(2-7-16)11-15-5-10-18-20(14-3-8-17(24)9-4-14)19(12-25)22(26)27-21(15)18/h1-4,6-9,11,20H,5,10,26H2/b15-11-/t20-/m0/s1. The number of hydrogen-bond donors (Lipinski definition) is 1. The van der Waals surface area contributed by atoms with Gasteiger partial charge in [-0.15, -0.1) is 0 Å². The highest BCUT2D eigenvalue weighted by atomic mass is 35.5. The summed E-state index contributed by atoms with van der Waals surface area (Å²) < 4.78 is 5.89. The molecule has 0 spiro atoms. The number of rotatable bonds is 2. The van der Waals surface area contributed by atoms with Crippen LogP contribution in [0.2, 0.25) is 10.0 Å². The Bertz CT molecular complexity index is 1030. The number of hydrogen-bond acceptors (Lipinski definition) is 3. The highest BCUT2D eigenvalue weighted by Crippen LogP contribution is 2.48. The average molecular weight is 395 g/mol. The third-order valence-corrected chi connectivity index (χ3v) is 5.40. The highest BCUT2D eigenvalue weighted by Gasteiger charge is 2.36.